The Hall–Kier alpha value is -3.27. The first kappa shape index (κ1) is 21.6. The van der Waals surface area contributed by atoms with Gasteiger partial charge in [-0.25, -0.2) is 9.59 Å². The molecule has 2 atom stereocenters. The number of aryl methyl sites for hydroxylation is 1. The largest absolute Gasteiger partial charge is 0.457 e. The molecule has 2 aliphatic rings. The van der Waals surface area contributed by atoms with Crippen LogP contribution in [0.4, 0.5) is 0 Å². The lowest BCUT2D eigenvalue weighted by atomic mass is 9.93. The number of hydrogen-bond donors (Lipinski definition) is 2. The molecule has 3 aromatic rings. The van der Waals surface area contributed by atoms with Gasteiger partial charge in [-0.1, -0.05) is 6.07 Å². The molecule has 9 heteroatoms. The molecule has 0 amide bonds. The van der Waals surface area contributed by atoms with Crippen LogP contribution in [0.15, 0.2) is 41.5 Å². The zero-order valence-electron chi connectivity index (χ0n) is 19.0. The fourth-order valence-electron chi connectivity index (χ4n) is 4.85. The average molecular weight is 449 g/mol. The Morgan fingerprint density at radius 3 is 2.82 bits per heavy atom. The molecule has 1 saturated heterocycles. The van der Waals surface area contributed by atoms with Crippen LogP contribution in [-0.4, -0.2) is 44.2 Å². The molecule has 0 unspecified atom stereocenters. The molecule has 0 radical (unpaired) electrons. The van der Waals surface area contributed by atoms with E-state index < -0.39 is 0 Å². The van der Waals surface area contributed by atoms with Gasteiger partial charge in [-0.05, 0) is 43.2 Å². The van der Waals surface area contributed by atoms with Gasteiger partial charge < -0.3 is 10.5 Å². The summed E-state index contributed by atoms with van der Waals surface area (Å²) in [7, 11) is 1.80. The van der Waals surface area contributed by atoms with Gasteiger partial charge in [0.05, 0.1) is 23.1 Å². The van der Waals surface area contributed by atoms with Crippen molar-refractivity contribution in [1.29, 1.82) is 0 Å². The van der Waals surface area contributed by atoms with E-state index in [-0.39, 0.29) is 23.9 Å². The summed E-state index contributed by atoms with van der Waals surface area (Å²) in [4.78, 5) is 31.3. The summed E-state index contributed by atoms with van der Waals surface area (Å²) in [5.41, 5.74) is 12.6. The number of cyclic esters (lactones) is 1. The lowest BCUT2D eigenvalue weighted by molar-refractivity contribution is 0.0535. The van der Waals surface area contributed by atoms with Crippen LogP contribution in [0.2, 0.25) is 0 Å². The molecular weight excluding hydrogens is 420 g/mol. The van der Waals surface area contributed by atoms with E-state index in [9.17, 15) is 9.59 Å². The van der Waals surface area contributed by atoms with Crippen LogP contribution in [0.3, 0.4) is 0 Å². The van der Waals surface area contributed by atoms with Gasteiger partial charge in [-0.15, -0.1) is 0 Å². The molecule has 5 rings (SSSR count). The van der Waals surface area contributed by atoms with Crippen molar-refractivity contribution >= 4 is 5.97 Å². The Morgan fingerprint density at radius 1 is 1.21 bits per heavy atom. The normalized spacial score (nSPS) is 20.7. The van der Waals surface area contributed by atoms with Crippen LogP contribution in [-0.2, 0) is 24.9 Å². The minimum absolute atomic E-state index is 0.0108. The number of pyridine rings is 1. The van der Waals surface area contributed by atoms with Crippen molar-refractivity contribution in [2.75, 3.05) is 13.1 Å². The van der Waals surface area contributed by atoms with Crippen molar-refractivity contribution < 1.29 is 9.53 Å². The number of carbonyl (C=O) groups excluding carboxylic acids is 1. The Bertz CT molecular complexity index is 1290. The molecule has 0 aliphatic carbocycles. The van der Waals surface area contributed by atoms with Crippen molar-refractivity contribution in [2.24, 2.45) is 12.8 Å². The van der Waals surface area contributed by atoms with Crippen LogP contribution in [0.5, 0.6) is 0 Å². The first-order valence-electron chi connectivity index (χ1n) is 11.1. The highest BCUT2D eigenvalue weighted by Crippen LogP contribution is 2.30. The SMILES string of the molecule is Cc1cc(-n2cc(CN3C[C@@H](c4ccc5c(c4C)COC5=O)N[C@@H](N)C3)n(C)c2=O)ccn1. The third kappa shape index (κ3) is 3.88. The molecule has 2 aliphatic heterocycles. The number of hydrogen-bond acceptors (Lipinski definition) is 7. The van der Waals surface area contributed by atoms with Crippen molar-refractivity contribution in [1.82, 2.24) is 24.3 Å². The number of aromatic nitrogens is 3. The van der Waals surface area contributed by atoms with Gasteiger partial charge in [0.1, 0.15) is 6.61 Å². The lowest BCUT2D eigenvalue weighted by Crippen LogP contribution is -2.56. The number of nitrogens with one attached hydrogen (secondary N) is 1. The summed E-state index contributed by atoms with van der Waals surface area (Å²) in [6.45, 7) is 6.25. The van der Waals surface area contributed by atoms with Gasteiger partial charge >= 0.3 is 11.7 Å². The highest BCUT2D eigenvalue weighted by molar-refractivity contribution is 5.94. The van der Waals surface area contributed by atoms with E-state index in [1.807, 2.05) is 44.3 Å². The first-order chi connectivity index (χ1) is 15.8. The van der Waals surface area contributed by atoms with E-state index >= 15 is 0 Å². The summed E-state index contributed by atoms with van der Waals surface area (Å²) >= 11 is 0. The molecule has 1 fully saturated rings. The number of carbonyl (C=O) groups is 1. The number of esters is 1. The minimum atomic E-state index is -0.260. The smallest absolute Gasteiger partial charge is 0.338 e. The minimum Gasteiger partial charge on any atom is -0.457 e. The van der Waals surface area contributed by atoms with E-state index in [0.717, 1.165) is 40.3 Å². The molecule has 2 aromatic heterocycles. The van der Waals surface area contributed by atoms with Crippen molar-refractivity contribution in [3.8, 4) is 5.69 Å². The second-order valence-electron chi connectivity index (χ2n) is 8.89. The maximum absolute atomic E-state index is 12.9. The van der Waals surface area contributed by atoms with Gasteiger partial charge in [-0.2, -0.15) is 0 Å². The zero-order chi connectivity index (χ0) is 23.3. The Kier molecular flexibility index (Phi) is 5.40. The predicted molar refractivity (Wildman–Crippen MR) is 123 cm³/mol. The van der Waals surface area contributed by atoms with E-state index in [2.05, 4.69) is 15.2 Å². The van der Waals surface area contributed by atoms with Crippen LogP contribution in [0.25, 0.3) is 5.69 Å². The molecule has 33 heavy (non-hydrogen) atoms. The third-order valence-corrected chi connectivity index (χ3v) is 6.64. The van der Waals surface area contributed by atoms with Gasteiger partial charge in [0, 0.05) is 56.4 Å². The monoisotopic (exact) mass is 448 g/mol. The Balaban J connectivity index is 1.40. The molecule has 9 nitrogen and oxygen atoms in total. The number of fused-ring (bicyclic) bond motifs is 1. The number of benzene rings is 1. The zero-order valence-corrected chi connectivity index (χ0v) is 19.0. The van der Waals surface area contributed by atoms with E-state index in [0.29, 0.717) is 25.3 Å². The topological polar surface area (TPSA) is 107 Å². The Labute approximate surface area is 191 Å². The predicted octanol–water partition coefficient (Wildman–Crippen LogP) is 1.29. The average Bonchev–Trinajstić information content (AvgIpc) is 3.29. The number of nitrogens with two attached hydrogens (primary N) is 1. The molecule has 0 spiro atoms. The van der Waals surface area contributed by atoms with Crippen molar-refractivity contribution in [3.63, 3.8) is 0 Å². The van der Waals surface area contributed by atoms with E-state index in [1.54, 1.807) is 22.4 Å². The summed E-state index contributed by atoms with van der Waals surface area (Å²) in [5.74, 6) is -0.260. The van der Waals surface area contributed by atoms with Gasteiger partial charge in [0.2, 0.25) is 0 Å². The van der Waals surface area contributed by atoms with Crippen molar-refractivity contribution in [2.45, 2.75) is 39.2 Å². The number of nitrogens with zero attached hydrogens (tertiary/aromatic N) is 4. The quantitative estimate of drug-likeness (QED) is 0.579. The highest BCUT2D eigenvalue weighted by atomic mass is 16.5. The molecule has 4 heterocycles. The summed E-state index contributed by atoms with van der Waals surface area (Å²) in [6, 6.07) is 7.58. The third-order valence-electron chi connectivity index (χ3n) is 6.64. The number of piperazine rings is 1. The number of imidazole rings is 1. The second-order valence-corrected chi connectivity index (χ2v) is 8.89. The molecule has 0 bridgehead atoms. The van der Waals surface area contributed by atoms with Crippen LogP contribution in [0.1, 0.15) is 44.5 Å². The van der Waals surface area contributed by atoms with Crippen LogP contribution < -0.4 is 16.7 Å². The van der Waals surface area contributed by atoms with E-state index in [1.165, 1.54) is 0 Å². The maximum atomic E-state index is 12.9. The van der Waals surface area contributed by atoms with Crippen LogP contribution >= 0.6 is 0 Å². The highest BCUT2D eigenvalue weighted by Gasteiger charge is 2.30. The van der Waals surface area contributed by atoms with E-state index in [4.69, 9.17) is 10.5 Å². The molecular formula is C24H28N6O3. The molecule has 1 aromatic carbocycles. The van der Waals surface area contributed by atoms with Crippen LogP contribution in [0, 0.1) is 13.8 Å². The maximum Gasteiger partial charge on any atom is 0.338 e. The van der Waals surface area contributed by atoms with Gasteiger partial charge in [-0.3, -0.25) is 24.3 Å². The fourth-order valence-corrected chi connectivity index (χ4v) is 4.85. The molecule has 3 N–H and O–H groups in total. The molecule has 172 valence electrons. The number of rotatable bonds is 4. The van der Waals surface area contributed by atoms with Gasteiger partial charge in [0.15, 0.2) is 0 Å². The summed E-state index contributed by atoms with van der Waals surface area (Å²) in [5, 5.41) is 3.48. The standard InChI is InChI=1S/C24H28N6O3/c1-14-8-16(6-7-26-14)30-10-17(28(3)24(30)32)9-29-11-21(27-22(25)12-29)18-4-5-19-20(15(18)2)13-33-23(19)31/h4-8,10,21-22,27H,9,11-13,25H2,1-3H3/t21-,22+/m0/s1. The van der Waals surface area contributed by atoms with Gasteiger partial charge in [0.25, 0.3) is 0 Å². The Morgan fingerprint density at radius 2 is 2.03 bits per heavy atom. The molecule has 0 saturated carbocycles. The number of ether oxygens (including phenoxy) is 1. The summed E-state index contributed by atoms with van der Waals surface area (Å²) in [6.07, 6.45) is 3.39. The first-order valence-corrected chi connectivity index (χ1v) is 11.1. The van der Waals surface area contributed by atoms with Crippen molar-refractivity contribution in [3.05, 3.63) is 80.8 Å². The summed E-state index contributed by atoms with van der Waals surface area (Å²) < 4.78 is 8.55. The fraction of sp³-hybridized carbons (Fsp3) is 0.375. The lowest BCUT2D eigenvalue weighted by Gasteiger charge is -2.38. The second kappa shape index (κ2) is 8.26.